The quantitative estimate of drug-likeness (QED) is 0.878. The average Bonchev–Trinajstić information content (AvgIpc) is 2.42. The SMILES string of the molecule is COc1cccc(C#N)c1NCC(=O)N(C)C(C)C. The summed E-state index contributed by atoms with van der Waals surface area (Å²) in [6.45, 7) is 4.02. The van der Waals surface area contributed by atoms with Gasteiger partial charge in [-0.2, -0.15) is 5.26 Å². The van der Waals surface area contributed by atoms with Crippen LogP contribution in [0.25, 0.3) is 0 Å². The van der Waals surface area contributed by atoms with E-state index >= 15 is 0 Å². The molecular formula is C14H19N3O2. The van der Waals surface area contributed by atoms with Crippen LogP contribution in [0.2, 0.25) is 0 Å². The van der Waals surface area contributed by atoms with Crippen molar-refractivity contribution in [2.45, 2.75) is 19.9 Å². The summed E-state index contributed by atoms with van der Waals surface area (Å²) in [5, 5.41) is 12.0. The van der Waals surface area contributed by atoms with Crippen LogP contribution in [-0.4, -0.2) is 37.6 Å². The van der Waals surface area contributed by atoms with Crippen LogP contribution in [0, 0.1) is 11.3 Å². The fraction of sp³-hybridized carbons (Fsp3) is 0.429. The molecule has 0 atom stereocenters. The van der Waals surface area contributed by atoms with Crippen molar-refractivity contribution < 1.29 is 9.53 Å². The smallest absolute Gasteiger partial charge is 0.241 e. The van der Waals surface area contributed by atoms with Crippen molar-refractivity contribution in [3.05, 3.63) is 23.8 Å². The summed E-state index contributed by atoms with van der Waals surface area (Å²) in [7, 11) is 3.28. The molecule has 0 bridgehead atoms. The Bertz CT molecular complexity index is 492. The van der Waals surface area contributed by atoms with Gasteiger partial charge in [-0.1, -0.05) is 6.07 Å². The molecule has 0 saturated heterocycles. The van der Waals surface area contributed by atoms with E-state index in [1.165, 1.54) is 7.11 Å². The van der Waals surface area contributed by atoms with Gasteiger partial charge >= 0.3 is 0 Å². The molecule has 102 valence electrons. The Hall–Kier alpha value is -2.22. The van der Waals surface area contributed by atoms with Gasteiger partial charge in [-0.25, -0.2) is 0 Å². The van der Waals surface area contributed by atoms with Gasteiger partial charge in [0.1, 0.15) is 11.8 Å². The molecule has 5 heteroatoms. The summed E-state index contributed by atoms with van der Waals surface area (Å²) in [5.74, 6) is 0.517. The Labute approximate surface area is 113 Å². The Morgan fingerprint density at radius 3 is 2.74 bits per heavy atom. The Morgan fingerprint density at radius 1 is 1.53 bits per heavy atom. The van der Waals surface area contributed by atoms with E-state index in [0.717, 1.165) is 0 Å². The number of rotatable bonds is 5. The minimum atomic E-state index is -0.0372. The molecule has 0 aliphatic rings. The minimum Gasteiger partial charge on any atom is -0.495 e. The van der Waals surface area contributed by atoms with E-state index in [4.69, 9.17) is 10.00 Å². The highest BCUT2D eigenvalue weighted by molar-refractivity contribution is 5.82. The minimum absolute atomic E-state index is 0.0372. The Kier molecular flexibility index (Phi) is 5.19. The van der Waals surface area contributed by atoms with Crippen molar-refractivity contribution >= 4 is 11.6 Å². The highest BCUT2D eigenvalue weighted by Gasteiger charge is 2.14. The number of amides is 1. The first kappa shape index (κ1) is 14.8. The number of hydrogen-bond acceptors (Lipinski definition) is 4. The van der Waals surface area contributed by atoms with Gasteiger partial charge in [-0.3, -0.25) is 4.79 Å². The lowest BCUT2D eigenvalue weighted by Crippen LogP contribution is -2.37. The van der Waals surface area contributed by atoms with Gasteiger partial charge in [-0.15, -0.1) is 0 Å². The second-order valence-corrected chi connectivity index (χ2v) is 4.45. The van der Waals surface area contributed by atoms with Crippen molar-refractivity contribution in [2.75, 3.05) is 26.0 Å². The van der Waals surface area contributed by atoms with Crippen LogP contribution in [-0.2, 0) is 4.79 Å². The number of para-hydroxylation sites is 1. The fourth-order valence-corrected chi connectivity index (χ4v) is 1.55. The third-order valence-electron chi connectivity index (χ3n) is 2.95. The summed E-state index contributed by atoms with van der Waals surface area (Å²) in [6, 6.07) is 7.39. The Morgan fingerprint density at radius 2 is 2.21 bits per heavy atom. The lowest BCUT2D eigenvalue weighted by Gasteiger charge is -2.22. The summed E-state index contributed by atoms with van der Waals surface area (Å²) < 4.78 is 5.19. The zero-order valence-corrected chi connectivity index (χ0v) is 11.7. The molecule has 0 aromatic heterocycles. The van der Waals surface area contributed by atoms with Crippen LogP contribution in [0.15, 0.2) is 18.2 Å². The first-order valence-electron chi connectivity index (χ1n) is 6.07. The van der Waals surface area contributed by atoms with Crippen LogP contribution < -0.4 is 10.1 Å². The van der Waals surface area contributed by atoms with Gasteiger partial charge in [0.15, 0.2) is 0 Å². The predicted molar refractivity (Wildman–Crippen MR) is 74.1 cm³/mol. The number of carbonyl (C=O) groups excluding carboxylic acids is 1. The van der Waals surface area contributed by atoms with Crippen molar-refractivity contribution in [1.82, 2.24) is 4.90 Å². The van der Waals surface area contributed by atoms with E-state index in [-0.39, 0.29) is 18.5 Å². The molecule has 0 fully saturated rings. The van der Waals surface area contributed by atoms with E-state index in [9.17, 15) is 4.79 Å². The molecular weight excluding hydrogens is 242 g/mol. The molecule has 0 radical (unpaired) electrons. The molecule has 19 heavy (non-hydrogen) atoms. The maximum Gasteiger partial charge on any atom is 0.241 e. The number of anilines is 1. The molecule has 0 saturated carbocycles. The normalized spacial score (nSPS) is 9.89. The van der Waals surface area contributed by atoms with Gasteiger partial charge in [0.25, 0.3) is 0 Å². The molecule has 0 heterocycles. The lowest BCUT2D eigenvalue weighted by atomic mass is 10.1. The molecule has 5 nitrogen and oxygen atoms in total. The fourth-order valence-electron chi connectivity index (χ4n) is 1.55. The number of nitrogens with zero attached hydrogens (tertiary/aromatic N) is 2. The summed E-state index contributed by atoms with van der Waals surface area (Å²) in [5.41, 5.74) is 1.01. The maximum atomic E-state index is 11.9. The second-order valence-electron chi connectivity index (χ2n) is 4.45. The first-order valence-corrected chi connectivity index (χ1v) is 6.07. The number of ether oxygens (including phenoxy) is 1. The monoisotopic (exact) mass is 261 g/mol. The number of carbonyl (C=O) groups is 1. The van der Waals surface area contributed by atoms with E-state index in [1.807, 2.05) is 13.8 Å². The molecule has 1 aromatic carbocycles. The third kappa shape index (κ3) is 3.62. The van der Waals surface area contributed by atoms with Gasteiger partial charge in [0.2, 0.25) is 5.91 Å². The second kappa shape index (κ2) is 6.64. The van der Waals surface area contributed by atoms with Crippen molar-refractivity contribution in [3.8, 4) is 11.8 Å². The maximum absolute atomic E-state index is 11.9. The van der Waals surface area contributed by atoms with Gasteiger partial charge in [-0.05, 0) is 26.0 Å². The number of methoxy groups -OCH3 is 1. The highest BCUT2D eigenvalue weighted by atomic mass is 16.5. The predicted octanol–water partition coefficient (Wildman–Crippen LogP) is 1.85. The van der Waals surface area contributed by atoms with E-state index in [0.29, 0.717) is 17.0 Å². The van der Waals surface area contributed by atoms with Crippen LogP contribution in [0.1, 0.15) is 19.4 Å². The van der Waals surface area contributed by atoms with Crippen LogP contribution in [0.4, 0.5) is 5.69 Å². The summed E-state index contributed by atoms with van der Waals surface area (Å²) >= 11 is 0. The first-order chi connectivity index (χ1) is 9.01. The average molecular weight is 261 g/mol. The zero-order valence-electron chi connectivity index (χ0n) is 11.7. The molecule has 0 aliphatic heterocycles. The number of likely N-dealkylation sites (N-methyl/N-ethyl adjacent to an activating group) is 1. The van der Waals surface area contributed by atoms with Crippen molar-refractivity contribution in [2.24, 2.45) is 0 Å². The number of nitrogens with one attached hydrogen (secondary N) is 1. The van der Waals surface area contributed by atoms with E-state index in [2.05, 4.69) is 11.4 Å². The van der Waals surface area contributed by atoms with Crippen molar-refractivity contribution in [1.29, 1.82) is 5.26 Å². The van der Waals surface area contributed by atoms with Crippen molar-refractivity contribution in [3.63, 3.8) is 0 Å². The molecule has 1 amide bonds. The zero-order chi connectivity index (χ0) is 14.4. The summed E-state index contributed by atoms with van der Waals surface area (Å²) in [4.78, 5) is 13.5. The number of nitriles is 1. The molecule has 0 aliphatic carbocycles. The van der Waals surface area contributed by atoms with Crippen LogP contribution in [0.5, 0.6) is 5.75 Å². The summed E-state index contributed by atoms with van der Waals surface area (Å²) in [6.07, 6.45) is 0. The number of hydrogen-bond donors (Lipinski definition) is 1. The van der Waals surface area contributed by atoms with Gasteiger partial charge in [0, 0.05) is 13.1 Å². The van der Waals surface area contributed by atoms with E-state index in [1.54, 1.807) is 30.1 Å². The van der Waals surface area contributed by atoms with Crippen LogP contribution >= 0.6 is 0 Å². The lowest BCUT2D eigenvalue weighted by molar-refractivity contribution is -0.129. The molecule has 1 aromatic rings. The van der Waals surface area contributed by atoms with Crippen LogP contribution in [0.3, 0.4) is 0 Å². The van der Waals surface area contributed by atoms with Gasteiger partial charge in [0.05, 0.1) is 24.9 Å². The number of benzene rings is 1. The van der Waals surface area contributed by atoms with E-state index < -0.39 is 0 Å². The topological polar surface area (TPSA) is 65.4 Å². The highest BCUT2D eigenvalue weighted by Crippen LogP contribution is 2.27. The molecule has 0 spiro atoms. The van der Waals surface area contributed by atoms with Gasteiger partial charge < -0.3 is 15.0 Å². The molecule has 0 unspecified atom stereocenters. The standard InChI is InChI=1S/C14H19N3O2/c1-10(2)17(3)13(18)9-16-14-11(8-15)6-5-7-12(14)19-4/h5-7,10,16H,9H2,1-4H3. The largest absolute Gasteiger partial charge is 0.495 e. The Balaban J connectivity index is 2.83. The molecule has 1 N–H and O–H groups in total. The molecule has 1 rings (SSSR count). The third-order valence-corrected chi connectivity index (χ3v) is 2.95.